The van der Waals surface area contributed by atoms with E-state index >= 15 is 0 Å². The average Bonchev–Trinajstić information content (AvgIpc) is 2.97. The fourth-order valence-corrected chi connectivity index (χ4v) is 7.41. The SMILES string of the molecule is CCCCSC(=Nc1cccnc1)SCc1ccc(C(C)(C)C)cc1.[O-][n+]1ccccc1SSc1cccc[n+]1[O-]. The Hall–Kier alpha value is -2.66. The number of nitrogens with zero attached hydrogens (tertiary/aromatic N) is 4. The molecule has 0 saturated heterocycles. The summed E-state index contributed by atoms with van der Waals surface area (Å²) in [6.07, 6.45) is 8.90. The molecule has 10 heteroatoms. The number of aliphatic imine (C=N–C) groups is 1. The minimum Gasteiger partial charge on any atom is -0.618 e. The van der Waals surface area contributed by atoms with Crippen molar-refractivity contribution in [2.24, 2.45) is 4.99 Å². The van der Waals surface area contributed by atoms with Crippen molar-refractivity contribution >= 4 is 55.2 Å². The Morgan fingerprint density at radius 1 is 0.829 bits per heavy atom. The summed E-state index contributed by atoms with van der Waals surface area (Å²) in [6.45, 7) is 8.97. The van der Waals surface area contributed by atoms with Crippen LogP contribution in [0.5, 0.6) is 0 Å². The largest absolute Gasteiger partial charge is 0.618 e. The predicted octanol–water partition coefficient (Wildman–Crippen LogP) is 8.59. The number of pyridine rings is 3. The van der Waals surface area contributed by atoms with E-state index in [9.17, 15) is 10.4 Å². The van der Waals surface area contributed by atoms with E-state index in [1.807, 2.05) is 41.9 Å². The van der Waals surface area contributed by atoms with E-state index in [2.05, 4.69) is 56.9 Å². The minimum absolute atomic E-state index is 0.203. The first-order chi connectivity index (χ1) is 19.8. The molecule has 0 atom stereocenters. The lowest BCUT2D eigenvalue weighted by atomic mass is 9.87. The third kappa shape index (κ3) is 12.0. The Labute approximate surface area is 260 Å². The van der Waals surface area contributed by atoms with Crippen LogP contribution in [0.25, 0.3) is 0 Å². The maximum Gasteiger partial charge on any atom is 0.262 e. The molecule has 1 aromatic carbocycles. The standard InChI is InChI=1S/C21H28N2S2.C10H8N2O2S2/c1-5-6-14-24-20(23-19-8-7-13-22-15-19)25-16-17-9-11-18(12-10-17)21(2,3)4;13-11-7-3-1-5-9(11)15-16-10-6-2-4-8-12(10)14/h7-13,15H,5-6,14,16H2,1-4H3;1-8H. The number of aromatic nitrogens is 3. The van der Waals surface area contributed by atoms with Crippen LogP contribution in [0, 0.1) is 10.4 Å². The van der Waals surface area contributed by atoms with Crippen molar-refractivity contribution in [3.8, 4) is 0 Å². The highest BCUT2D eigenvalue weighted by atomic mass is 33.1. The Morgan fingerprint density at radius 2 is 1.46 bits per heavy atom. The molecule has 0 spiro atoms. The van der Waals surface area contributed by atoms with Gasteiger partial charge in [0.15, 0.2) is 12.4 Å². The lowest BCUT2D eigenvalue weighted by Crippen LogP contribution is -2.28. The van der Waals surface area contributed by atoms with Gasteiger partial charge in [0.05, 0.1) is 11.9 Å². The molecule has 6 nitrogen and oxygen atoms in total. The van der Waals surface area contributed by atoms with Crippen molar-refractivity contribution in [2.45, 2.75) is 61.8 Å². The molecular weight excluding hydrogens is 589 g/mol. The summed E-state index contributed by atoms with van der Waals surface area (Å²) < 4.78 is 2.67. The quantitative estimate of drug-likeness (QED) is 0.0461. The van der Waals surface area contributed by atoms with Crippen LogP contribution in [0.3, 0.4) is 0 Å². The summed E-state index contributed by atoms with van der Waals surface area (Å²) >= 11 is 3.67. The van der Waals surface area contributed by atoms with Crippen LogP contribution in [0.1, 0.15) is 51.7 Å². The fraction of sp³-hybridized carbons (Fsp3) is 0.290. The zero-order chi connectivity index (χ0) is 29.5. The normalized spacial score (nSPS) is 11.6. The molecule has 0 bridgehead atoms. The van der Waals surface area contributed by atoms with E-state index < -0.39 is 0 Å². The first kappa shape index (κ1) is 32.8. The molecule has 216 valence electrons. The molecular formula is C31H36N4O2S4. The molecule has 4 aromatic rings. The smallest absolute Gasteiger partial charge is 0.262 e. The first-order valence-electron chi connectivity index (χ1n) is 13.3. The Kier molecular flexibility index (Phi) is 13.9. The van der Waals surface area contributed by atoms with E-state index in [0.29, 0.717) is 10.1 Å². The lowest BCUT2D eigenvalue weighted by molar-refractivity contribution is -0.646. The van der Waals surface area contributed by atoms with Gasteiger partial charge in [0.25, 0.3) is 10.1 Å². The number of rotatable bonds is 9. The molecule has 0 fully saturated rings. The summed E-state index contributed by atoms with van der Waals surface area (Å²) in [5.74, 6) is 2.06. The van der Waals surface area contributed by atoms with Gasteiger partial charge in [-0.2, -0.15) is 9.46 Å². The van der Waals surface area contributed by atoms with Gasteiger partial charge in [0, 0.05) is 57.8 Å². The number of hydrogen-bond donors (Lipinski definition) is 0. The minimum atomic E-state index is 0.203. The fourth-order valence-electron chi connectivity index (χ4n) is 3.22. The zero-order valence-electron chi connectivity index (χ0n) is 23.8. The highest BCUT2D eigenvalue weighted by Crippen LogP contribution is 2.33. The Morgan fingerprint density at radius 3 is 1.98 bits per heavy atom. The van der Waals surface area contributed by atoms with Gasteiger partial charge >= 0.3 is 0 Å². The summed E-state index contributed by atoms with van der Waals surface area (Å²) in [6, 6.07) is 23.2. The summed E-state index contributed by atoms with van der Waals surface area (Å²) in [5, 5.41) is 23.8. The summed E-state index contributed by atoms with van der Waals surface area (Å²) in [5.41, 5.74) is 3.85. The van der Waals surface area contributed by atoms with Crippen molar-refractivity contribution in [1.29, 1.82) is 0 Å². The lowest BCUT2D eigenvalue weighted by Gasteiger charge is -2.19. The van der Waals surface area contributed by atoms with Crippen LogP contribution in [-0.2, 0) is 11.2 Å². The highest BCUT2D eigenvalue weighted by Gasteiger charge is 2.13. The molecule has 0 unspecified atom stereocenters. The van der Waals surface area contributed by atoms with Crippen LogP contribution in [0.2, 0.25) is 0 Å². The van der Waals surface area contributed by atoms with Crippen molar-refractivity contribution in [3.05, 3.63) is 119 Å². The van der Waals surface area contributed by atoms with Crippen LogP contribution in [-0.4, -0.2) is 15.1 Å². The second-order valence-corrected chi connectivity index (χ2v) is 14.4. The molecule has 3 heterocycles. The molecule has 0 aliphatic heterocycles. The summed E-state index contributed by atoms with van der Waals surface area (Å²) in [4.78, 5) is 8.94. The van der Waals surface area contributed by atoms with Crippen LogP contribution in [0.15, 0.2) is 113 Å². The molecule has 4 rings (SSSR count). The Bertz CT molecular complexity index is 1320. The van der Waals surface area contributed by atoms with Crippen molar-refractivity contribution in [1.82, 2.24) is 4.98 Å². The number of hydrogen-bond acceptors (Lipinski definition) is 8. The average molecular weight is 625 g/mol. The van der Waals surface area contributed by atoms with Crippen molar-refractivity contribution in [2.75, 3.05) is 5.75 Å². The number of unbranched alkanes of at least 4 members (excludes halogenated alkanes) is 1. The van der Waals surface area contributed by atoms with Crippen LogP contribution >= 0.6 is 45.1 Å². The molecule has 0 N–H and O–H groups in total. The van der Waals surface area contributed by atoms with Crippen LogP contribution in [0.4, 0.5) is 5.69 Å². The molecule has 0 radical (unpaired) electrons. The molecule has 41 heavy (non-hydrogen) atoms. The van der Waals surface area contributed by atoms with E-state index in [-0.39, 0.29) is 5.41 Å². The van der Waals surface area contributed by atoms with E-state index in [4.69, 9.17) is 4.99 Å². The Balaban J connectivity index is 0.000000248. The topological polar surface area (TPSA) is 79.1 Å². The van der Waals surface area contributed by atoms with Gasteiger partial charge in [0.2, 0.25) is 0 Å². The van der Waals surface area contributed by atoms with E-state index in [1.165, 1.54) is 58.0 Å². The van der Waals surface area contributed by atoms with E-state index in [0.717, 1.165) is 31.0 Å². The van der Waals surface area contributed by atoms with Gasteiger partial charge in [-0.3, -0.25) is 4.98 Å². The third-order valence-electron chi connectivity index (χ3n) is 5.56. The molecule has 0 amide bonds. The highest BCUT2D eigenvalue weighted by molar-refractivity contribution is 8.76. The summed E-state index contributed by atoms with van der Waals surface area (Å²) in [7, 11) is 2.52. The van der Waals surface area contributed by atoms with Gasteiger partial charge in [-0.25, -0.2) is 4.99 Å². The monoisotopic (exact) mass is 624 g/mol. The van der Waals surface area contributed by atoms with E-state index in [1.54, 1.807) is 42.6 Å². The van der Waals surface area contributed by atoms with Crippen molar-refractivity contribution < 1.29 is 9.46 Å². The van der Waals surface area contributed by atoms with Gasteiger partial charge in [-0.15, -0.1) is 0 Å². The van der Waals surface area contributed by atoms with Crippen LogP contribution < -0.4 is 9.46 Å². The maximum absolute atomic E-state index is 11.3. The number of benzene rings is 1. The molecule has 0 aliphatic carbocycles. The molecule has 0 aliphatic rings. The van der Waals surface area contributed by atoms with Gasteiger partial charge in [-0.1, -0.05) is 81.9 Å². The second-order valence-electron chi connectivity index (χ2n) is 9.92. The molecule has 3 aromatic heterocycles. The third-order valence-corrected chi connectivity index (χ3v) is 10.2. The number of thioether (sulfide) groups is 2. The molecule has 0 saturated carbocycles. The van der Waals surface area contributed by atoms with Gasteiger partial charge < -0.3 is 10.4 Å². The predicted molar refractivity (Wildman–Crippen MR) is 178 cm³/mol. The van der Waals surface area contributed by atoms with Crippen molar-refractivity contribution in [3.63, 3.8) is 0 Å². The maximum atomic E-state index is 11.3. The zero-order valence-corrected chi connectivity index (χ0v) is 27.1. The van der Waals surface area contributed by atoms with Gasteiger partial charge in [0.1, 0.15) is 4.38 Å². The second kappa shape index (κ2) is 17.3. The van der Waals surface area contributed by atoms with Gasteiger partial charge in [-0.05, 0) is 53.0 Å². The first-order valence-corrected chi connectivity index (χ1v) is 17.4.